The topological polar surface area (TPSA) is 58.4 Å². The summed E-state index contributed by atoms with van der Waals surface area (Å²) in [5.74, 6) is 1.12. The van der Waals surface area contributed by atoms with Crippen LogP contribution in [0.15, 0.2) is 24.1 Å². The summed E-state index contributed by atoms with van der Waals surface area (Å²) in [6.45, 7) is 1.62. The smallest absolute Gasteiger partial charge is 0.264 e. The lowest BCUT2D eigenvalue weighted by Crippen LogP contribution is -2.35. The van der Waals surface area contributed by atoms with Gasteiger partial charge in [0, 0.05) is 25.5 Å². The van der Waals surface area contributed by atoms with Gasteiger partial charge in [0.1, 0.15) is 0 Å². The summed E-state index contributed by atoms with van der Waals surface area (Å²) in [5.41, 5.74) is 2.72. The number of aromatic nitrogens is 2. The summed E-state index contributed by atoms with van der Waals surface area (Å²) in [6.07, 6.45) is 11.5. The van der Waals surface area contributed by atoms with Crippen molar-refractivity contribution in [1.82, 2.24) is 14.5 Å². The molecule has 1 N–H and O–H groups in total. The second kappa shape index (κ2) is 6.50. The third-order valence-electron chi connectivity index (χ3n) is 6.60. The van der Waals surface area contributed by atoms with E-state index in [9.17, 15) is 9.90 Å². The highest BCUT2D eigenvalue weighted by Crippen LogP contribution is 2.42. The molecule has 1 amide bonds. The molecule has 26 heavy (non-hydrogen) atoms. The lowest BCUT2D eigenvalue weighted by Gasteiger charge is -2.35. The molecule has 1 aliphatic heterocycles. The van der Waals surface area contributed by atoms with Crippen molar-refractivity contribution in [3.05, 3.63) is 40.1 Å². The molecule has 2 aromatic heterocycles. The molecule has 6 heteroatoms. The van der Waals surface area contributed by atoms with Crippen LogP contribution in [-0.4, -0.2) is 44.7 Å². The zero-order valence-electron chi connectivity index (χ0n) is 14.9. The first kappa shape index (κ1) is 16.5. The highest BCUT2D eigenvalue weighted by Gasteiger charge is 2.44. The molecule has 3 heterocycles. The van der Waals surface area contributed by atoms with Crippen LogP contribution in [0.1, 0.15) is 52.5 Å². The monoisotopic (exact) mass is 371 g/mol. The standard InChI is InChI=1S/C20H25N3O2S/c24-18-8-15-10-23(9-14(15)7-17(18)22-6-5-21-12-22)20(25)19-16-4-2-1-3-13(16)11-26-19/h5-6,11-12,14-15,17-18,24H,1-4,7-10H2/t14-,15+,17-,18-/m1/s1. The van der Waals surface area contributed by atoms with Crippen molar-refractivity contribution < 1.29 is 9.90 Å². The minimum absolute atomic E-state index is 0.0864. The van der Waals surface area contributed by atoms with Crippen LogP contribution in [0.4, 0.5) is 0 Å². The van der Waals surface area contributed by atoms with Gasteiger partial charge in [-0.25, -0.2) is 4.98 Å². The van der Waals surface area contributed by atoms with Gasteiger partial charge in [0.05, 0.1) is 23.4 Å². The van der Waals surface area contributed by atoms with Gasteiger partial charge in [-0.15, -0.1) is 11.3 Å². The van der Waals surface area contributed by atoms with Crippen LogP contribution in [0.5, 0.6) is 0 Å². The lowest BCUT2D eigenvalue weighted by molar-refractivity contribution is 0.0357. The Morgan fingerprint density at radius 2 is 2.00 bits per heavy atom. The molecule has 0 radical (unpaired) electrons. The molecule has 1 saturated carbocycles. The number of nitrogens with zero attached hydrogens (tertiary/aromatic N) is 3. The van der Waals surface area contributed by atoms with Crippen LogP contribution >= 0.6 is 11.3 Å². The van der Waals surface area contributed by atoms with E-state index in [-0.39, 0.29) is 18.1 Å². The summed E-state index contributed by atoms with van der Waals surface area (Å²) in [5, 5.41) is 12.8. The number of aryl methyl sites for hydroxylation is 1. The molecular weight excluding hydrogens is 346 g/mol. The average molecular weight is 372 g/mol. The first-order valence-electron chi connectivity index (χ1n) is 9.74. The lowest BCUT2D eigenvalue weighted by atomic mass is 9.77. The number of amides is 1. The second-order valence-corrected chi connectivity index (χ2v) is 9.00. The quantitative estimate of drug-likeness (QED) is 0.883. The molecule has 0 unspecified atom stereocenters. The van der Waals surface area contributed by atoms with Gasteiger partial charge in [0.2, 0.25) is 0 Å². The number of carbonyl (C=O) groups is 1. The molecule has 5 rings (SSSR count). The van der Waals surface area contributed by atoms with E-state index >= 15 is 0 Å². The van der Waals surface area contributed by atoms with Crippen molar-refractivity contribution in [3.63, 3.8) is 0 Å². The Morgan fingerprint density at radius 3 is 2.81 bits per heavy atom. The predicted octanol–water partition coefficient (Wildman–Crippen LogP) is 2.91. The van der Waals surface area contributed by atoms with E-state index in [0.29, 0.717) is 11.8 Å². The third-order valence-corrected chi connectivity index (χ3v) is 7.66. The van der Waals surface area contributed by atoms with Crippen LogP contribution < -0.4 is 0 Å². The maximum Gasteiger partial charge on any atom is 0.264 e. The Bertz CT molecular complexity index is 800. The van der Waals surface area contributed by atoms with E-state index in [2.05, 4.69) is 15.3 Å². The van der Waals surface area contributed by atoms with Gasteiger partial charge >= 0.3 is 0 Å². The highest BCUT2D eigenvalue weighted by molar-refractivity contribution is 7.12. The maximum atomic E-state index is 13.2. The van der Waals surface area contributed by atoms with E-state index in [1.54, 1.807) is 23.9 Å². The summed E-state index contributed by atoms with van der Waals surface area (Å²) >= 11 is 1.64. The number of fused-ring (bicyclic) bond motifs is 2. The fourth-order valence-corrected chi connectivity index (χ4v) is 6.33. The molecule has 4 atom stereocenters. The Kier molecular flexibility index (Phi) is 4.13. The fourth-order valence-electron chi connectivity index (χ4n) is 5.20. The van der Waals surface area contributed by atoms with Crippen molar-refractivity contribution in [2.24, 2.45) is 11.8 Å². The van der Waals surface area contributed by atoms with E-state index in [1.807, 2.05) is 10.8 Å². The first-order chi connectivity index (χ1) is 12.7. The van der Waals surface area contributed by atoms with Gasteiger partial charge in [-0.3, -0.25) is 4.79 Å². The van der Waals surface area contributed by atoms with E-state index in [0.717, 1.165) is 43.6 Å². The van der Waals surface area contributed by atoms with Crippen LogP contribution in [0, 0.1) is 11.8 Å². The molecule has 5 nitrogen and oxygen atoms in total. The summed E-state index contributed by atoms with van der Waals surface area (Å²) in [7, 11) is 0. The number of hydrogen-bond donors (Lipinski definition) is 1. The predicted molar refractivity (Wildman–Crippen MR) is 100 cm³/mol. The molecule has 138 valence electrons. The Balaban J connectivity index is 1.33. The molecule has 2 aromatic rings. The largest absolute Gasteiger partial charge is 0.391 e. The molecule has 0 bridgehead atoms. The average Bonchev–Trinajstić information content (AvgIpc) is 3.39. The molecule has 1 saturated heterocycles. The number of aliphatic hydroxyl groups excluding tert-OH is 1. The molecule has 0 aromatic carbocycles. The molecule has 2 aliphatic carbocycles. The third kappa shape index (κ3) is 2.70. The summed E-state index contributed by atoms with van der Waals surface area (Å²) < 4.78 is 2.03. The molecule has 2 fully saturated rings. The van der Waals surface area contributed by atoms with Gasteiger partial charge in [-0.05, 0) is 66.9 Å². The first-order valence-corrected chi connectivity index (χ1v) is 10.6. The number of rotatable bonds is 2. The normalized spacial score (nSPS) is 30.9. The van der Waals surface area contributed by atoms with Gasteiger partial charge in [-0.1, -0.05) is 0 Å². The number of likely N-dealkylation sites (tertiary alicyclic amines) is 1. The highest BCUT2D eigenvalue weighted by atomic mass is 32.1. The maximum absolute atomic E-state index is 13.2. The van der Waals surface area contributed by atoms with Crippen molar-refractivity contribution >= 4 is 17.2 Å². The Labute approximate surface area is 157 Å². The van der Waals surface area contributed by atoms with E-state index < -0.39 is 0 Å². The minimum Gasteiger partial charge on any atom is -0.391 e. The summed E-state index contributed by atoms with van der Waals surface area (Å²) in [6, 6.07) is 0.0864. The van der Waals surface area contributed by atoms with Crippen LogP contribution in [0.2, 0.25) is 0 Å². The second-order valence-electron chi connectivity index (χ2n) is 8.12. The number of hydrogen-bond acceptors (Lipinski definition) is 4. The summed E-state index contributed by atoms with van der Waals surface area (Å²) in [4.78, 5) is 20.3. The molecular formula is C20H25N3O2S. The van der Waals surface area contributed by atoms with Gasteiger partial charge in [0.25, 0.3) is 5.91 Å². The van der Waals surface area contributed by atoms with Gasteiger partial charge in [-0.2, -0.15) is 0 Å². The fraction of sp³-hybridized carbons (Fsp3) is 0.600. The van der Waals surface area contributed by atoms with Crippen molar-refractivity contribution in [3.8, 4) is 0 Å². The number of thiophene rings is 1. The van der Waals surface area contributed by atoms with Crippen LogP contribution in [0.3, 0.4) is 0 Å². The Morgan fingerprint density at radius 1 is 1.19 bits per heavy atom. The number of aliphatic hydroxyl groups is 1. The SMILES string of the molecule is O=C(c1scc2c1CCCC2)N1C[C@H]2C[C@@H](n3ccnc3)[C@H](O)C[C@H]2C1. The van der Waals surface area contributed by atoms with Crippen molar-refractivity contribution in [2.45, 2.75) is 50.7 Å². The number of imidazole rings is 1. The molecule has 3 aliphatic rings. The molecule has 0 spiro atoms. The Hall–Kier alpha value is -1.66. The minimum atomic E-state index is -0.352. The van der Waals surface area contributed by atoms with E-state index in [1.165, 1.54) is 24.0 Å². The van der Waals surface area contributed by atoms with E-state index in [4.69, 9.17) is 0 Å². The van der Waals surface area contributed by atoms with Crippen LogP contribution in [-0.2, 0) is 12.8 Å². The van der Waals surface area contributed by atoms with Crippen molar-refractivity contribution in [2.75, 3.05) is 13.1 Å². The number of carbonyl (C=O) groups excluding carboxylic acids is 1. The van der Waals surface area contributed by atoms with Crippen molar-refractivity contribution in [1.29, 1.82) is 0 Å². The van der Waals surface area contributed by atoms with Crippen LogP contribution in [0.25, 0.3) is 0 Å². The van der Waals surface area contributed by atoms with Gasteiger partial charge < -0.3 is 14.6 Å². The zero-order chi connectivity index (χ0) is 17.7. The zero-order valence-corrected chi connectivity index (χ0v) is 15.7. The van der Waals surface area contributed by atoms with Gasteiger partial charge in [0.15, 0.2) is 0 Å².